The highest BCUT2D eigenvalue weighted by Crippen LogP contribution is 2.35. The first-order valence-electron chi connectivity index (χ1n) is 7.13. The van der Waals surface area contributed by atoms with E-state index in [0.717, 1.165) is 17.8 Å². The van der Waals surface area contributed by atoms with Gasteiger partial charge in [-0.2, -0.15) is 0 Å². The molecule has 2 atom stereocenters. The van der Waals surface area contributed by atoms with Crippen LogP contribution in [0, 0.1) is 17.8 Å². The van der Waals surface area contributed by atoms with Gasteiger partial charge < -0.3 is 5.32 Å². The smallest absolute Gasteiger partial charge is 0.00966 e. The molecule has 0 aromatic rings. The van der Waals surface area contributed by atoms with Gasteiger partial charge in [-0.3, -0.25) is 0 Å². The van der Waals surface area contributed by atoms with Crippen LogP contribution < -0.4 is 5.32 Å². The number of hydrogen-bond donors (Lipinski definition) is 1. The molecule has 1 aliphatic rings. The van der Waals surface area contributed by atoms with Crippen LogP contribution in [0.3, 0.4) is 0 Å². The molecule has 2 unspecified atom stereocenters. The quantitative estimate of drug-likeness (QED) is 0.738. The van der Waals surface area contributed by atoms with E-state index in [1.54, 1.807) is 0 Å². The van der Waals surface area contributed by atoms with Crippen LogP contribution in [-0.2, 0) is 0 Å². The minimum Gasteiger partial charge on any atom is -0.312 e. The average Bonchev–Trinajstić information content (AvgIpc) is 2.57. The van der Waals surface area contributed by atoms with Crippen LogP contribution in [0.1, 0.15) is 66.7 Å². The lowest BCUT2D eigenvalue weighted by Crippen LogP contribution is -2.39. The summed E-state index contributed by atoms with van der Waals surface area (Å²) in [6.45, 7) is 12.7. The van der Waals surface area contributed by atoms with E-state index < -0.39 is 0 Å². The Morgan fingerprint density at radius 2 is 1.75 bits per heavy atom. The third-order valence-corrected chi connectivity index (χ3v) is 3.83. The maximum atomic E-state index is 3.68. The molecule has 0 heterocycles. The number of rotatable bonds is 5. The van der Waals surface area contributed by atoms with Gasteiger partial charge in [0.15, 0.2) is 0 Å². The van der Waals surface area contributed by atoms with Gasteiger partial charge in [0.05, 0.1) is 0 Å². The Kier molecular flexibility index (Phi) is 5.30. The fourth-order valence-electron chi connectivity index (χ4n) is 2.75. The molecular weight excluding hydrogens is 194 g/mol. The topological polar surface area (TPSA) is 12.0 Å². The Balaban J connectivity index is 2.29. The first-order chi connectivity index (χ1) is 7.38. The summed E-state index contributed by atoms with van der Waals surface area (Å²) in [5, 5.41) is 3.68. The molecular formula is C15H31N. The van der Waals surface area contributed by atoms with E-state index >= 15 is 0 Å². The maximum absolute atomic E-state index is 3.68. The zero-order valence-corrected chi connectivity index (χ0v) is 12.0. The highest BCUT2D eigenvalue weighted by atomic mass is 14.9. The largest absolute Gasteiger partial charge is 0.312 e. The second kappa shape index (κ2) is 6.05. The van der Waals surface area contributed by atoms with Crippen LogP contribution in [-0.4, -0.2) is 12.1 Å². The van der Waals surface area contributed by atoms with Gasteiger partial charge in [0.2, 0.25) is 0 Å². The molecule has 0 aromatic carbocycles. The molecule has 0 spiro atoms. The molecule has 1 fully saturated rings. The van der Waals surface area contributed by atoms with E-state index in [9.17, 15) is 0 Å². The Labute approximate surface area is 102 Å². The molecule has 1 saturated carbocycles. The SMILES string of the molecule is CC(C)CCC1CCCC1CNC(C)(C)C. The van der Waals surface area contributed by atoms with Crippen molar-refractivity contribution in [2.24, 2.45) is 17.8 Å². The van der Waals surface area contributed by atoms with Crippen molar-refractivity contribution in [3.63, 3.8) is 0 Å². The van der Waals surface area contributed by atoms with Crippen molar-refractivity contribution in [1.82, 2.24) is 5.32 Å². The highest BCUT2D eigenvalue weighted by molar-refractivity contribution is 4.82. The molecule has 0 aliphatic heterocycles. The molecule has 1 heteroatoms. The Bertz CT molecular complexity index is 190. The van der Waals surface area contributed by atoms with E-state index in [1.807, 2.05) is 0 Å². The van der Waals surface area contributed by atoms with Gasteiger partial charge in [-0.1, -0.05) is 33.1 Å². The first-order valence-corrected chi connectivity index (χ1v) is 7.13. The zero-order valence-electron chi connectivity index (χ0n) is 12.0. The van der Waals surface area contributed by atoms with Crippen LogP contribution in [0.5, 0.6) is 0 Å². The monoisotopic (exact) mass is 225 g/mol. The zero-order chi connectivity index (χ0) is 12.2. The predicted molar refractivity (Wildman–Crippen MR) is 72.7 cm³/mol. The minimum atomic E-state index is 0.283. The molecule has 0 aromatic heterocycles. The van der Waals surface area contributed by atoms with Crippen molar-refractivity contribution in [2.45, 2.75) is 72.3 Å². The number of hydrogen-bond acceptors (Lipinski definition) is 1. The summed E-state index contributed by atoms with van der Waals surface area (Å²) >= 11 is 0. The molecule has 0 amide bonds. The molecule has 96 valence electrons. The molecule has 0 bridgehead atoms. The summed E-state index contributed by atoms with van der Waals surface area (Å²) in [5.74, 6) is 2.81. The molecule has 0 radical (unpaired) electrons. The normalized spacial score (nSPS) is 26.6. The summed E-state index contributed by atoms with van der Waals surface area (Å²) in [6.07, 6.45) is 7.25. The van der Waals surface area contributed by atoms with Gasteiger partial charge in [0.25, 0.3) is 0 Å². The maximum Gasteiger partial charge on any atom is 0.00966 e. The number of nitrogens with one attached hydrogen (secondary N) is 1. The van der Waals surface area contributed by atoms with Crippen LogP contribution >= 0.6 is 0 Å². The molecule has 0 saturated heterocycles. The second-order valence-corrected chi connectivity index (χ2v) is 7.05. The third kappa shape index (κ3) is 5.34. The van der Waals surface area contributed by atoms with E-state index in [0.29, 0.717) is 0 Å². The van der Waals surface area contributed by atoms with Crippen molar-refractivity contribution >= 4 is 0 Å². The molecule has 1 N–H and O–H groups in total. The standard InChI is InChI=1S/C15H31N/c1-12(2)9-10-13-7-6-8-14(13)11-16-15(3,4)5/h12-14,16H,6-11H2,1-5H3. The van der Waals surface area contributed by atoms with Crippen molar-refractivity contribution in [3.05, 3.63) is 0 Å². The lowest BCUT2D eigenvalue weighted by atomic mass is 9.88. The fourth-order valence-corrected chi connectivity index (χ4v) is 2.75. The molecule has 1 aliphatic carbocycles. The van der Waals surface area contributed by atoms with Crippen molar-refractivity contribution < 1.29 is 0 Å². The van der Waals surface area contributed by atoms with Crippen LogP contribution in [0.25, 0.3) is 0 Å². The average molecular weight is 225 g/mol. The van der Waals surface area contributed by atoms with Gasteiger partial charge in [-0.15, -0.1) is 0 Å². The molecule has 16 heavy (non-hydrogen) atoms. The summed E-state index contributed by atoms with van der Waals surface area (Å²) in [4.78, 5) is 0. The van der Waals surface area contributed by atoms with Gasteiger partial charge >= 0.3 is 0 Å². The summed E-state index contributed by atoms with van der Waals surface area (Å²) in [6, 6.07) is 0. The highest BCUT2D eigenvalue weighted by Gasteiger charge is 2.27. The van der Waals surface area contributed by atoms with Gasteiger partial charge in [0.1, 0.15) is 0 Å². The Hall–Kier alpha value is -0.0400. The van der Waals surface area contributed by atoms with E-state index in [4.69, 9.17) is 0 Å². The van der Waals surface area contributed by atoms with Crippen LogP contribution in [0.15, 0.2) is 0 Å². The summed E-state index contributed by atoms with van der Waals surface area (Å²) in [7, 11) is 0. The predicted octanol–water partition coefficient (Wildman–Crippen LogP) is 4.23. The van der Waals surface area contributed by atoms with E-state index in [1.165, 1.54) is 38.6 Å². The summed E-state index contributed by atoms with van der Waals surface area (Å²) in [5.41, 5.74) is 0.283. The first kappa shape index (κ1) is 14.0. The van der Waals surface area contributed by atoms with Gasteiger partial charge in [-0.05, 0) is 57.9 Å². The molecule has 1 rings (SSSR count). The van der Waals surface area contributed by atoms with Crippen molar-refractivity contribution in [3.8, 4) is 0 Å². The lowest BCUT2D eigenvalue weighted by molar-refractivity contribution is 0.294. The lowest BCUT2D eigenvalue weighted by Gasteiger charge is -2.26. The van der Waals surface area contributed by atoms with Gasteiger partial charge in [0, 0.05) is 5.54 Å². The fraction of sp³-hybridized carbons (Fsp3) is 1.00. The second-order valence-electron chi connectivity index (χ2n) is 7.05. The van der Waals surface area contributed by atoms with Crippen LogP contribution in [0.4, 0.5) is 0 Å². The van der Waals surface area contributed by atoms with Crippen molar-refractivity contribution in [2.75, 3.05) is 6.54 Å². The van der Waals surface area contributed by atoms with E-state index in [2.05, 4.69) is 39.9 Å². The third-order valence-electron chi connectivity index (χ3n) is 3.83. The minimum absolute atomic E-state index is 0.283. The summed E-state index contributed by atoms with van der Waals surface area (Å²) < 4.78 is 0. The Morgan fingerprint density at radius 1 is 1.12 bits per heavy atom. The van der Waals surface area contributed by atoms with E-state index in [-0.39, 0.29) is 5.54 Å². The Morgan fingerprint density at radius 3 is 2.31 bits per heavy atom. The van der Waals surface area contributed by atoms with Gasteiger partial charge in [-0.25, -0.2) is 0 Å². The molecule has 1 nitrogen and oxygen atoms in total. The van der Waals surface area contributed by atoms with Crippen molar-refractivity contribution in [1.29, 1.82) is 0 Å². The van der Waals surface area contributed by atoms with Crippen LogP contribution in [0.2, 0.25) is 0 Å².